The van der Waals surface area contributed by atoms with Crippen LogP contribution >= 0.6 is 0 Å². The van der Waals surface area contributed by atoms with Crippen LogP contribution in [-0.4, -0.2) is 17.6 Å². The molecule has 1 nitrogen and oxygen atoms in total. The molecule has 0 aromatic rings. The summed E-state index contributed by atoms with van der Waals surface area (Å²) < 4.78 is 1.30. The molecule has 0 bridgehead atoms. The minimum Gasteiger partial charge on any atom is -0.246 e. The predicted molar refractivity (Wildman–Crippen MR) is 28.4 cm³/mol. The summed E-state index contributed by atoms with van der Waals surface area (Å²) in [6, 6.07) is 0. The van der Waals surface area contributed by atoms with Crippen LogP contribution in [0.25, 0.3) is 0 Å². The lowest BCUT2D eigenvalue weighted by Crippen LogP contribution is -2.09. The van der Waals surface area contributed by atoms with Crippen molar-refractivity contribution in [2.45, 2.75) is 13.3 Å². The topological polar surface area (TPSA) is 0 Å². The molecule has 0 radical (unpaired) electrons. The fourth-order valence-corrected chi connectivity index (χ4v) is 1.17. The number of fused-ring (bicyclic) bond motifs is 1. The van der Waals surface area contributed by atoms with E-state index in [2.05, 4.69) is 13.1 Å². The normalized spacial score (nSPS) is 42.1. The molecule has 2 rings (SSSR count). The Balaban J connectivity index is 1.91. The van der Waals surface area contributed by atoms with E-state index in [1.165, 1.54) is 24.0 Å². The van der Waals surface area contributed by atoms with Gasteiger partial charge in [0.1, 0.15) is 0 Å². The summed E-state index contributed by atoms with van der Waals surface area (Å²) in [5.41, 5.74) is 1.68. The highest BCUT2D eigenvalue weighted by Gasteiger charge is 2.63. The zero-order valence-corrected chi connectivity index (χ0v) is 4.65. The third kappa shape index (κ3) is 0.317. The zero-order chi connectivity index (χ0) is 4.91. The molecule has 0 amide bonds. The van der Waals surface area contributed by atoms with E-state index in [-0.39, 0.29) is 0 Å². The lowest BCUT2D eigenvalue weighted by atomic mass is 10.5. The Morgan fingerprint density at radius 1 is 1.86 bits per heavy atom. The maximum absolute atomic E-state index is 2.35. The Labute approximate surface area is 43.8 Å². The second kappa shape index (κ2) is 0.781. The molecule has 2 heterocycles. The van der Waals surface area contributed by atoms with Gasteiger partial charge in [-0.2, -0.15) is 0 Å². The van der Waals surface area contributed by atoms with Crippen molar-refractivity contribution in [2.24, 2.45) is 0 Å². The monoisotopic (exact) mass is 96.1 g/mol. The summed E-state index contributed by atoms with van der Waals surface area (Å²) in [4.78, 5) is 0. The molecule has 0 N–H and O–H groups in total. The van der Waals surface area contributed by atoms with Crippen molar-refractivity contribution in [3.05, 3.63) is 11.9 Å². The molecule has 2 aliphatic heterocycles. The van der Waals surface area contributed by atoms with Crippen molar-refractivity contribution in [2.75, 3.05) is 13.1 Å². The van der Waals surface area contributed by atoms with Crippen molar-refractivity contribution < 1.29 is 4.48 Å². The molecule has 7 heavy (non-hydrogen) atoms. The molecule has 0 aromatic carbocycles. The van der Waals surface area contributed by atoms with Gasteiger partial charge in [-0.3, -0.25) is 0 Å². The van der Waals surface area contributed by atoms with Gasteiger partial charge < -0.3 is 0 Å². The van der Waals surface area contributed by atoms with Crippen LogP contribution in [0, 0.1) is 0 Å². The zero-order valence-electron chi connectivity index (χ0n) is 4.65. The first kappa shape index (κ1) is 3.67. The smallest absolute Gasteiger partial charge is 0.224 e. The minimum absolute atomic E-state index is 1.30. The van der Waals surface area contributed by atoms with E-state index in [0.717, 1.165) is 0 Å². The quantitative estimate of drug-likeness (QED) is 0.356. The first-order valence-electron chi connectivity index (χ1n) is 2.96. The summed E-state index contributed by atoms with van der Waals surface area (Å²) >= 11 is 0. The highest BCUT2D eigenvalue weighted by atomic mass is 15.6. The van der Waals surface area contributed by atoms with Gasteiger partial charge in [0.25, 0.3) is 0 Å². The van der Waals surface area contributed by atoms with Crippen LogP contribution < -0.4 is 0 Å². The summed E-state index contributed by atoms with van der Waals surface area (Å²) in [6.07, 6.45) is 3.68. The van der Waals surface area contributed by atoms with Gasteiger partial charge in [-0.15, -0.1) is 0 Å². The molecular formula is C6H10N+. The first-order chi connectivity index (χ1) is 3.37. The van der Waals surface area contributed by atoms with Crippen molar-refractivity contribution in [3.63, 3.8) is 0 Å². The largest absolute Gasteiger partial charge is 0.246 e. The van der Waals surface area contributed by atoms with Crippen LogP contribution in [0.2, 0.25) is 0 Å². The Kier molecular flexibility index (Phi) is 0.409. The summed E-state index contributed by atoms with van der Waals surface area (Å²) in [7, 11) is 0. The highest BCUT2D eigenvalue weighted by molar-refractivity contribution is 5.20. The van der Waals surface area contributed by atoms with Crippen molar-refractivity contribution in [3.8, 4) is 0 Å². The molecule has 2 aliphatic rings. The molecule has 0 saturated carbocycles. The number of quaternary nitrogens is 1. The Morgan fingerprint density at radius 2 is 2.43 bits per heavy atom. The molecule has 1 fully saturated rings. The maximum Gasteiger partial charge on any atom is 0.224 e. The van der Waals surface area contributed by atoms with Crippen LogP contribution in [0.15, 0.2) is 11.9 Å². The minimum atomic E-state index is 1.30. The van der Waals surface area contributed by atoms with Gasteiger partial charge in [0.15, 0.2) is 12.7 Å². The van der Waals surface area contributed by atoms with Gasteiger partial charge >= 0.3 is 0 Å². The van der Waals surface area contributed by atoms with Crippen LogP contribution in [0.1, 0.15) is 13.3 Å². The lowest BCUT2D eigenvalue weighted by molar-refractivity contribution is -0.672. The standard InChI is InChI=1S/C6H10N/c1-2-3-7-4-6(7)5-7/h4H,2-3,5H2,1H3/q+1. The van der Waals surface area contributed by atoms with Crippen LogP contribution in [0.3, 0.4) is 0 Å². The van der Waals surface area contributed by atoms with Gasteiger partial charge in [-0.25, -0.2) is 4.48 Å². The number of rotatable bonds is 2. The Hall–Kier alpha value is -0.300. The van der Waals surface area contributed by atoms with Gasteiger partial charge in [0.2, 0.25) is 5.70 Å². The van der Waals surface area contributed by atoms with Crippen LogP contribution in [-0.2, 0) is 0 Å². The average molecular weight is 96.2 g/mol. The molecule has 0 aliphatic carbocycles. The number of nitrogens with zero attached hydrogens (tertiary/aromatic N) is 1. The van der Waals surface area contributed by atoms with Crippen molar-refractivity contribution in [1.29, 1.82) is 0 Å². The maximum atomic E-state index is 2.35. The fraction of sp³-hybridized carbons (Fsp3) is 0.667. The van der Waals surface area contributed by atoms with E-state index in [1.54, 1.807) is 5.70 Å². The highest BCUT2D eigenvalue weighted by Crippen LogP contribution is 2.50. The van der Waals surface area contributed by atoms with Crippen molar-refractivity contribution in [1.82, 2.24) is 0 Å². The summed E-state index contributed by atoms with van der Waals surface area (Å²) in [6.45, 7) is 5.00. The van der Waals surface area contributed by atoms with Crippen molar-refractivity contribution >= 4 is 0 Å². The Bertz CT molecular complexity index is 137. The summed E-state index contributed by atoms with van der Waals surface area (Å²) in [5, 5.41) is 0. The molecule has 0 aromatic heterocycles. The molecule has 1 unspecified atom stereocenters. The van der Waals surface area contributed by atoms with Crippen LogP contribution in [0.5, 0.6) is 0 Å². The third-order valence-corrected chi connectivity index (χ3v) is 1.86. The number of hydrogen-bond acceptors (Lipinski definition) is 0. The van der Waals surface area contributed by atoms with E-state index in [1.807, 2.05) is 0 Å². The van der Waals surface area contributed by atoms with E-state index in [9.17, 15) is 0 Å². The average Bonchev–Trinajstić information content (AvgIpc) is 2.22. The number of hydrogen-bond donors (Lipinski definition) is 0. The lowest BCUT2D eigenvalue weighted by Gasteiger charge is -1.96. The Morgan fingerprint density at radius 3 is 2.57 bits per heavy atom. The second-order valence-electron chi connectivity index (χ2n) is 2.54. The van der Waals surface area contributed by atoms with Gasteiger partial charge in [0, 0.05) is 0 Å². The van der Waals surface area contributed by atoms with E-state index in [0.29, 0.717) is 0 Å². The molecule has 0 spiro atoms. The second-order valence-corrected chi connectivity index (χ2v) is 2.54. The molecule has 1 atom stereocenters. The first-order valence-corrected chi connectivity index (χ1v) is 2.96. The van der Waals surface area contributed by atoms with Crippen LogP contribution in [0.4, 0.5) is 0 Å². The molecule has 1 saturated heterocycles. The SMILES string of the molecule is CCC[N+]12C=C1C2. The molecule has 38 valence electrons. The van der Waals surface area contributed by atoms with E-state index in [4.69, 9.17) is 0 Å². The van der Waals surface area contributed by atoms with E-state index < -0.39 is 0 Å². The molecular weight excluding hydrogens is 86.1 g/mol. The molecule has 1 heteroatoms. The van der Waals surface area contributed by atoms with E-state index >= 15 is 0 Å². The van der Waals surface area contributed by atoms with Gasteiger partial charge in [-0.05, 0) is 6.42 Å². The summed E-state index contributed by atoms with van der Waals surface area (Å²) in [5.74, 6) is 0. The van der Waals surface area contributed by atoms with Gasteiger partial charge in [0.05, 0.1) is 6.54 Å². The predicted octanol–water partition coefficient (Wildman–Crippen LogP) is 1.08. The van der Waals surface area contributed by atoms with Gasteiger partial charge in [-0.1, -0.05) is 6.92 Å². The third-order valence-electron chi connectivity index (χ3n) is 1.86. The fourth-order valence-electron chi connectivity index (χ4n) is 1.17.